The monoisotopic (exact) mass is 566 g/mol. The number of likely N-dealkylation sites (tertiary alicyclic amines) is 1. The lowest BCUT2D eigenvalue weighted by Gasteiger charge is -2.31. The topological polar surface area (TPSA) is 77.5 Å². The zero-order valence-corrected chi connectivity index (χ0v) is 25.4. The number of carbonyl (C=O) groups is 2. The van der Waals surface area contributed by atoms with Gasteiger partial charge in [-0.25, -0.2) is 0 Å². The molecule has 0 aliphatic carbocycles. The lowest BCUT2D eigenvalue weighted by molar-refractivity contribution is -0.150. The van der Waals surface area contributed by atoms with E-state index in [1.54, 1.807) is 7.11 Å². The Bertz CT molecular complexity index is 1150. The van der Waals surface area contributed by atoms with Gasteiger partial charge in [0.2, 0.25) is 12.7 Å². The molecule has 8 heteroatoms. The summed E-state index contributed by atoms with van der Waals surface area (Å²) in [5.74, 6) is 2.26. The number of rotatable bonds is 13. The van der Waals surface area contributed by atoms with Crippen LogP contribution in [-0.2, 0) is 14.3 Å². The van der Waals surface area contributed by atoms with E-state index in [4.69, 9.17) is 18.9 Å². The minimum atomic E-state index is -0.503. The molecule has 0 aromatic heterocycles. The Kier molecular flexibility index (Phi) is 10.5. The number of hydrogen-bond acceptors (Lipinski definition) is 7. The van der Waals surface area contributed by atoms with Gasteiger partial charge >= 0.3 is 5.97 Å². The van der Waals surface area contributed by atoms with Gasteiger partial charge in [0, 0.05) is 31.6 Å². The first-order chi connectivity index (χ1) is 19.7. The van der Waals surface area contributed by atoms with Crippen molar-refractivity contribution in [2.24, 2.45) is 17.8 Å². The number of hydrogen-bond donors (Lipinski definition) is 0. The van der Waals surface area contributed by atoms with Gasteiger partial charge in [-0.05, 0) is 67.0 Å². The highest BCUT2D eigenvalue weighted by Crippen LogP contribution is 2.48. The number of benzene rings is 2. The fourth-order valence-corrected chi connectivity index (χ4v) is 5.76. The van der Waals surface area contributed by atoms with Crippen molar-refractivity contribution in [2.45, 2.75) is 59.4 Å². The minimum absolute atomic E-state index is 0.0961. The van der Waals surface area contributed by atoms with Crippen molar-refractivity contribution in [3.63, 3.8) is 0 Å². The number of amides is 1. The number of nitrogens with zero attached hydrogens (tertiary/aromatic N) is 2. The molecule has 0 bridgehead atoms. The van der Waals surface area contributed by atoms with Gasteiger partial charge in [0.15, 0.2) is 11.5 Å². The summed E-state index contributed by atoms with van der Waals surface area (Å²) < 4.78 is 22.3. The highest BCUT2D eigenvalue weighted by Gasteiger charge is 2.49. The van der Waals surface area contributed by atoms with Crippen molar-refractivity contribution in [3.05, 3.63) is 53.6 Å². The van der Waals surface area contributed by atoms with Crippen LogP contribution in [0.4, 0.5) is 0 Å². The summed E-state index contributed by atoms with van der Waals surface area (Å²) in [6.45, 7) is 13.3. The highest BCUT2D eigenvalue weighted by molar-refractivity contribution is 5.80. The van der Waals surface area contributed by atoms with Gasteiger partial charge in [0.25, 0.3) is 0 Å². The molecule has 8 nitrogen and oxygen atoms in total. The summed E-state index contributed by atoms with van der Waals surface area (Å²) >= 11 is 0. The molecule has 1 saturated heterocycles. The predicted octanol–water partition coefficient (Wildman–Crippen LogP) is 5.66. The van der Waals surface area contributed by atoms with Crippen LogP contribution < -0.4 is 14.2 Å². The van der Waals surface area contributed by atoms with Gasteiger partial charge in [0.1, 0.15) is 5.75 Å². The van der Waals surface area contributed by atoms with Gasteiger partial charge in [-0.1, -0.05) is 45.9 Å². The van der Waals surface area contributed by atoms with Crippen LogP contribution in [0, 0.1) is 17.8 Å². The molecule has 4 rings (SSSR count). The molecule has 0 unspecified atom stereocenters. The molecule has 2 heterocycles. The average molecular weight is 567 g/mol. The summed E-state index contributed by atoms with van der Waals surface area (Å²) in [6.07, 6.45) is 1.91. The molecule has 3 atom stereocenters. The van der Waals surface area contributed by atoms with Crippen LogP contribution in [-0.4, -0.2) is 68.4 Å². The van der Waals surface area contributed by atoms with Crippen molar-refractivity contribution in [1.29, 1.82) is 0 Å². The van der Waals surface area contributed by atoms with Crippen molar-refractivity contribution in [1.82, 2.24) is 9.80 Å². The molecule has 2 aromatic rings. The van der Waals surface area contributed by atoms with E-state index in [-0.39, 0.29) is 43.8 Å². The lowest BCUT2D eigenvalue weighted by atomic mass is 9.82. The Morgan fingerprint density at radius 3 is 2.20 bits per heavy atom. The smallest absolute Gasteiger partial charge is 0.311 e. The van der Waals surface area contributed by atoms with Crippen LogP contribution in [0.15, 0.2) is 42.5 Å². The van der Waals surface area contributed by atoms with Crippen LogP contribution in [0.3, 0.4) is 0 Å². The van der Waals surface area contributed by atoms with Gasteiger partial charge in [-0.15, -0.1) is 0 Å². The first kappa shape index (κ1) is 30.7. The third-order valence-electron chi connectivity index (χ3n) is 8.08. The SMILES string of the molecule is CCOC(=O)[C@@H]1[C@@H](c2ccc3c(c2)OCO3)CN(CC(=O)N(CCC(C)C)CCC(C)C)[C@H]1c1ccc(OC)cc1. The van der Waals surface area contributed by atoms with E-state index in [2.05, 4.69) is 32.6 Å². The van der Waals surface area contributed by atoms with E-state index in [0.29, 0.717) is 29.9 Å². The quantitative estimate of drug-likeness (QED) is 0.289. The molecule has 0 N–H and O–H groups in total. The summed E-state index contributed by atoms with van der Waals surface area (Å²) in [7, 11) is 1.63. The minimum Gasteiger partial charge on any atom is -0.497 e. The van der Waals surface area contributed by atoms with Crippen LogP contribution in [0.25, 0.3) is 0 Å². The molecule has 41 heavy (non-hydrogen) atoms. The third-order valence-corrected chi connectivity index (χ3v) is 8.08. The largest absolute Gasteiger partial charge is 0.497 e. The molecule has 224 valence electrons. The van der Waals surface area contributed by atoms with Crippen molar-refractivity contribution < 1.29 is 28.5 Å². The second-order valence-corrected chi connectivity index (χ2v) is 11.9. The number of ether oxygens (including phenoxy) is 4. The Balaban J connectivity index is 1.70. The molecule has 1 fully saturated rings. The summed E-state index contributed by atoms with van der Waals surface area (Å²) in [4.78, 5) is 31.8. The van der Waals surface area contributed by atoms with E-state index in [1.807, 2.05) is 54.3 Å². The first-order valence-corrected chi connectivity index (χ1v) is 14.9. The van der Waals surface area contributed by atoms with E-state index in [0.717, 1.165) is 42.8 Å². The second-order valence-electron chi connectivity index (χ2n) is 11.9. The van der Waals surface area contributed by atoms with E-state index < -0.39 is 5.92 Å². The molecule has 0 radical (unpaired) electrons. The highest BCUT2D eigenvalue weighted by atomic mass is 16.7. The maximum Gasteiger partial charge on any atom is 0.311 e. The Hall–Kier alpha value is -3.26. The maximum atomic E-state index is 13.9. The predicted molar refractivity (Wildman–Crippen MR) is 158 cm³/mol. The van der Waals surface area contributed by atoms with Crippen molar-refractivity contribution >= 4 is 11.9 Å². The zero-order valence-electron chi connectivity index (χ0n) is 25.4. The fraction of sp³-hybridized carbons (Fsp3) is 0.576. The van der Waals surface area contributed by atoms with Crippen LogP contribution >= 0.6 is 0 Å². The Morgan fingerprint density at radius 2 is 1.59 bits per heavy atom. The Labute approximate surface area is 244 Å². The number of fused-ring (bicyclic) bond motifs is 1. The van der Waals surface area contributed by atoms with Crippen LogP contribution in [0.2, 0.25) is 0 Å². The molecule has 2 aromatic carbocycles. The van der Waals surface area contributed by atoms with Gasteiger partial charge in [-0.3, -0.25) is 14.5 Å². The lowest BCUT2D eigenvalue weighted by Crippen LogP contribution is -2.42. The Morgan fingerprint density at radius 1 is 0.951 bits per heavy atom. The fourth-order valence-electron chi connectivity index (χ4n) is 5.76. The number of methoxy groups -OCH3 is 1. The zero-order chi connectivity index (χ0) is 29.5. The van der Waals surface area contributed by atoms with Crippen molar-refractivity contribution in [2.75, 3.05) is 46.7 Å². The molecule has 0 saturated carbocycles. The van der Waals surface area contributed by atoms with Crippen LogP contribution in [0.5, 0.6) is 17.2 Å². The third kappa shape index (κ3) is 7.53. The second kappa shape index (κ2) is 14.1. The van der Waals surface area contributed by atoms with Gasteiger partial charge < -0.3 is 23.8 Å². The van der Waals surface area contributed by atoms with Crippen molar-refractivity contribution in [3.8, 4) is 17.2 Å². The maximum absolute atomic E-state index is 13.9. The molecule has 1 amide bonds. The van der Waals surface area contributed by atoms with E-state index in [1.165, 1.54) is 0 Å². The van der Waals surface area contributed by atoms with Crippen LogP contribution in [0.1, 0.15) is 70.5 Å². The van der Waals surface area contributed by atoms with Gasteiger partial charge in [-0.2, -0.15) is 0 Å². The molecule has 2 aliphatic heterocycles. The molecular formula is C33H46N2O6. The number of carbonyl (C=O) groups excluding carboxylic acids is 2. The van der Waals surface area contributed by atoms with E-state index in [9.17, 15) is 9.59 Å². The van der Waals surface area contributed by atoms with E-state index >= 15 is 0 Å². The summed E-state index contributed by atoms with van der Waals surface area (Å²) in [5.41, 5.74) is 1.92. The first-order valence-electron chi connectivity index (χ1n) is 14.9. The standard InChI is InChI=1S/C33H46N2O6/c1-7-39-33(37)31-27(25-10-13-28-29(18-25)41-21-40-28)19-35(32(31)24-8-11-26(38-6)12-9-24)20-30(36)34(16-14-22(2)3)17-15-23(4)5/h8-13,18,22-23,27,31-32H,7,14-17,19-21H2,1-6H3/t27-,31-,32+/m1/s1. The normalized spacial score (nSPS) is 20.0. The summed E-state index contributed by atoms with van der Waals surface area (Å²) in [6, 6.07) is 13.3. The average Bonchev–Trinajstić information content (AvgIpc) is 3.57. The van der Waals surface area contributed by atoms with Gasteiger partial charge in [0.05, 0.1) is 26.2 Å². The summed E-state index contributed by atoms with van der Waals surface area (Å²) in [5, 5.41) is 0. The molecular weight excluding hydrogens is 520 g/mol. The molecule has 2 aliphatic rings. The number of esters is 1. The molecule has 0 spiro atoms.